The molecule has 94 valence electrons. The van der Waals surface area contributed by atoms with Crippen LogP contribution in [-0.2, 0) is 5.75 Å². The Kier molecular flexibility index (Phi) is 4.15. The zero-order valence-electron chi connectivity index (χ0n) is 10.4. The maximum atomic E-state index is 6.10. The Morgan fingerprint density at radius 1 is 1.22 bits per heavy atom. The van der Waals surface area contributed by atoms with E-state index in [9.17, 15) is 0 Å². The number of rotatable bonds is 3. The molecule has 0 aliphatic carbocycles. The van der Waals surface area contributed by atoms with Crippen molar-refractivity contribution in [2.75, 3.05) is 5.73 Å². The molecule has 0 bridgehead atoms. The van der Waals surface area contributed by atoms with Crippen molar-refractivity contribution in [1.29, 1.82) is 0 Å². The van der Waals surface area contributed by atoms with E-state index >= 15 is 0 Å². The van der Waals surface area contributed by atoms with Crippen molar-refractivity contribution in [1.82, 2.24) is 4.98 Å². The lowest BCUT2D eigenvalue weighted by Crippen LogP contribution is -1.95. The van der Waals surface area contributed by atoms with Crippen molar-refractivity contribution < 1.29 is 0 Å². The molecule has 0 unspecified atom stereocenters. The summed E-state index contributed by atoms with van der Waals surface area (Å²) in [5, 5.41) is 0.669. The number of nitrogens with two attached hydrogens (primary N) is 1. The van der Waals surface area contributed by atoms with Crippen molar-refractivity contribution in [3.05, 3.63) is 52.2 Å². The number of thioether (sulfide) groups is 1. The fourth-order valence-electron chi connectivity index (χ4n) is 1.61. The van der Waals surface area contributed by atoms with Gasteiger partial charge in [-0.05, 0) is 37.6 Å². The summed E-state index contributed by atoms with van der Waals surface area (Å²) in [7, 11) is 0. The van der Waals surface area contributed by atoms with Crippen LogP contribution in [0.4, 0.5) is 5.82 Å². The fourth-order valence-corrected chi connectivity index (χ4v) is 2.94. The molecule has 0 fully saturated rings. The third kappa shape index (κ3) is 3.18. The largest absolute Gasteiger partial charge is 0.384 e. The van der Waals surface area contributed by atoms with Gasteiger partial charge in [0.1, 0.15) is 5.82 Å². The molecule has 0 saturated carbocycles. The van der Waals surface area contributed by atoms with E-state index < -0.39 is 0 Å². The Morgan fingerprint density at radius 2 is 2.00 bits per heavy atom. The number of aromatic nitrogens is 1. The summed E-state index contributed by atoms with van der Waals surface area (Å²) in [6, 6.07) is 9.94. The summed E-state index contributed by atoms with van der Waals surface area (Å²) in [5.74, 6) is 1.24. The van der Waals surface area contributed by atoms with Gasteiger partial charge in [-0.15, -0.1) is 11.8 Å². The third-order valence-corrected chi connectivity index (χ3v) is 4.16. The molecule has 0 aliphatic rings. The van der Waals surface area contributed by atoms with Crippen molar-refractivity contribution in [2.45, 2.75) is 24.5 Å². The zero-order valence-corrected chi connectivity index (χ0v) is 12.0. The first-order valence-corrected chi connectivity index (χ1v) is 7.03. The van der Waals surface area contributed by atoms with Crippen LogP contribution in [0.25, 0.3) is 0 Å². The van der Waals surface area contributed by atoms with Gasteiger partial charge in [0, 0.05) is 10.6 Å². The molecular weight excluding hydrogens is 264 g/mol. The van der Waals surface area contributed by atoms with Crippen molar-refractivity contribution in [2.24, 2.45) is 0 Å². The van der Waals surface area contributed by atoms with Gasteiger partial charge in [0.2, 0.25) is 0 Å². The Bertz CT molecular complexity index is 518. The number of hydrogen-bond donors (Lipinski definition) is 1. The monoisotopic (exact) mass is 278 g/mol. The van der Waals surface area contributed by atoms with Crippen LogP contribution in [0.3, 0.4) is 0 Å². The molecule has 2 N–H and O–H groups in total. The van der Waals surface area contributed by atoms with E-state index in [-0.39, 0.29) is 0 Å². The molecule has 0 aliphatic heterocycles. The molecule has 1 aromatic heterocycles. The van der Waals surface area contributed by atoms with Gasteiger partial charge in [-0.1, -0.05) is 29.3 Å². The lowest BCUT2D eigenvalue weighted by Gasteiger charge is -2.08. The van der Waals surface area contributed by atoms with Crippen LogP contribution in [0.1, 0.15) is 16.8 Å². The van der Waals surface area contributed by atoms with Gasteiger partial charge < -0.3 is 5.73 Å². The van der Waals surface area contributed by atoms with E-state index in [1.54, 1.807) is 23.9 Å². The summed E-state index contributed by atoms with van der Waals surface area (Å²) >= 11 is 7.84. The van der Waals surface area contributed by atoms with Crippen LogP contribution in [0.2, 0.25) is 5.02 Å². The van der Waals surface area contributed by atoms with Crippen LogP contribution < -0.4 is 5.73 Å². The number of anilines is 1. The lowest BCUT2D eigenvalue weighted by atomic mass is 10.2. The second-order valence-electron chi connectivity index (χ2n) is 4.22. The first-order valence-electron chi connectivity index (χ1n) is 5.67. The summed E-state index contributed by atoms with van der Waals surface area (Å²) in [6.07, 6.45) is 0. The van der Waals surface area contributed by atoms with Crippen LogP contribution in [0, 0.1) is 13.8 Å². The molecule has 2 aromatic rings. The zero-order chi connectivity index (χ0) is 13.1. The molecule has 0 atom stereocenters. The molecule has 0 radical (unpaired) electrons. The summed E-state index contributed by atoms with van der Waals surface area (Å²) in [5.41, 5.74) is 9.04. The highest BCUT2D eigenvalue weighted by Crippen LogP contribution is 2.29. The van der Waals surface area contributed by atoms with Crippen LogP contribution in [-0.4, -0.2) is 4.98 Å². The predicted molar refractivity (Wildman–Crippen MR) is 79.1 cm³/mol. The number of aryl methyl sites for hydroxylation is 2. The maximum absolute atomic E-state index is 6.10. The van der Waals surface area contributed by atoms with Gasteiger partial charge in [0.05, 0.1) is 10.7 Å². The molecule has 0 spiro atoms. The minimum Gasteiger partial charge on any atom is -0.384 e. The highest BCUT2D eigenvalue weighted by Gasteiger charge is 2.05. The van der Waals surface area contributed by atoms with Crippen LogP contribution >= 0.6 is 23.4 Å². The van der Waals surface area contributed by atoms with Crippen molar-refractivity contribution in [3.63, 3.8) is 0 Å². The SMILES string of the molecule is Cc1ccc(C)c(SCc2nc(N)ccc2Cl)c1. The van der Waals surface area contributed by atoms with Crippen LogP contribution in [0.15, 0.2) is 35.2 Å². The standard InChI is InChI=1S/C14H15ClN2S/c1-9-3-4-10(2)13(7-9)18-8-12-11(15)5-6-14(16)17-12/h3-7H,8H2,1-2H3,(H2,16,17). The molecule has 0 amide bonds. The average Bonchev–Trinajstić information content (AvgIpc) is 2.34. The number of halogens is 1. The second-order valence-corrected chi connectivity index (χ2v) is 5.65. The van der Waals surface area contributed by atoms with Crippen molar-refractivity contribution >= 4 is 29.2 Å². The number of hydrogen-bond acceptors (Lipinski definition) is 3. The molecule has 4 heteroatoms. The van der Waals surface area contributed by atoms with Crippen LogP contribution in [0.5, 0.6) is 0 Å². The second kappa shape index (κ2) is 5.63. The van der Waals surface area contributed by atoms with Gasteiger partial charge in [-0.3, -0.25) is 0 Å². The van der Waals surface area contributed by atoms with Gasteiger partial charge in [-0.25, -0.2) is 4.98 Å². The average molecular weight is 279 g/mol. The number of nitrogens with zero attached hydrogens (tertiary/aromatic N) is 1. The number of nitrogen functional groups attached to an aromatic ring is 1. The van der Waals surface area contributed by atoms with E-state index in [0.29, 0.717) is 10.8 Å². The molecular formula is C14H15ClN2S. The van der Waals surface area contributed by atoms with E-state index in [0.717, 1.165) is 11.4 Å². The van der Waals surface area contributed by atoms with E-state index in [1.807, 2.05) is 0 Å². The summed E-state index contributed by atoms with van der Waals surface area (Å²) < 4.78 is 0. The molecule has 1 heterocycles. The van der Waals surface area contributed by atoms with Gasteiger partial charge >= 0.3 is 0 Å². The molecule has 1 aromatic carbocycles. The van der Waals surface area contributed by atoms with E-state index in [2.05, 4.69) is 37.0 Å². The first-order chi connectivity index (χ1) is 8.56. The number of pyridine rings is 1. The molecule has 2 nitrogen and oxygen atoms in total. The highest BCUT2D eigenvalue weighted by molar-refractivity contribution is 7.98. The normalized spacial score (nSPS) is 10.6. The Hall–Kier alpha value is -1.19. The minimum absolute atomic E-state index is 0.510. The topological polar surface area (TPSA) is 38.9 Å². The van der Waals surface area contributed by atoms with Gasteiger partial charge in [-0.2, -0.15) is 0 Å². The summed E-state index contributed by atoms with van der Waals surface area (Å²) in [6.45, 7) is 4.20. The van der Waals surface area contributed by atoms with Gasteiger partial charge in [0.15, 0.2) is 0 Å². The maximum Gasteiger partial charge on any atom is 0.123 e. The smallest absolute Gasteiger partial charge is 0.123 e. The number of benzene rings is 1. The Balaban J connectivity index is 2.16. The van der Waals surface area contributed by atoms with Crippen molar-refractivity contribution in [3.8, 4) is 0 Å². The third-order valence-electron chi connectivity index (χ3n) is 2.65. The Morgan fingerprint density at radius 3 is 2.78 bits per heavy atom. The van der Waals surface area contributed by atoms with E-state index in [1.165, 1.54) is 16.0 Å². The lowest BCUT2D eigenvalue weighted by molar-refractivity contribution is 1.18. The van der Waals surface area contributed by atoms with E-state index in [4.69, 9.17) is 17.3 Å². The Labute approximate surface area is 117 Å². The first kappa shape index (κ1) is 13.2. The highest BCUT2D eigenvalue weighted by atomic mass is 35.5. The molecule has 18 heavy (non-hydrogen) atoms. The van der Waals surface area contributed by atoms with Gasteiger partial charge in [0.25, 0.3) is 0 Å². The quantitative estimate of drug-likeness (QED) is 0.854. The fraction of sp³-hybridized carbons (Fsp3) is 0.214. The predicted octanol–water partition coefficient (Wildman–Crippen LogP) is 4.23. The molecule has 0 saturated heterocycles. The summed E-state index contributed by atoms with van der Waals surface area (Å²) in [4.78, 5) is 5.52. The minimum atomic E-state index is 0.510. The molecule has 2 rings (SSSR count).